The number of hydrogen-bond acceptors (Lipinski definition) is 7. The van der Waals surface area contributed by atoms with Gasteiger partial charge in [0.1, 0.15) is 0 Å². The van der Waals surface area contributed by atoms with Crippen LogP contribution in [0.2, 0.25) is 0 Å². The van der Waals surface area contributed by atoms with Gasteiger partial charge < -0.3 is 29.6 Å². The first-order valence-electron chi connectivity index (χ1n) is 3.90. The Bertz CT molecular complexity index is 388. The van der Waals surface area contributed by atoms with Gasteiger partial charge in [-0.05, 0) is 0 Å². The molecular weight excluding hydrogens is 286 g/mol. The Labute approximate surface area is 122 Å². The van der Waals surface area contributed by atoms with Crippen molar-refractivity contribution < 1.29 is 78.1 Å². The first-order chi connectivity index (χ1) is 7.46. The van der Waals surface area contributed by atoms with Gasteiger partial charge in [-0.25, -0.2) is 4.79 Å². The van der Waals surface area contributed by atoms with Crippen molar-refractivity contribution in [1.82, 2.24) is 0 Å². The maximum absolute atomic E-state index is 10.8. The van der Waals surface area contributed by atoms with Crippen molar-refractivity contribution in [2.24, 2.45) is 0 Å². The summed E-state index contributed by atoms with van der Waals surface area (Å²) in [7, 11) is -5.42. The zero-order valence-corrected chi connectivity index (χ0v) is 12.0. The molecule has 0 aromatic carbocycles. The fourth-order valence-electron chi connectivity index (χ4n) is 0.864. The Kier molecular flexibility index (Phi) is 7.93. The molecule has 0 saturated carbocycles. The van der Waals surface area contributed by atoms with Gasteiger partial charge in [0.2, 0.25) is 0 Å². The standard InChI is InChI=1S/C6H9O10P.Na/c7-3(8)1-6(12,5(10)11)2-4(9)16-17(13,14)15;/h12H,1-2H2,(H,7,8)(H,10,11)(H2,13,14,15);/q;+1/p-1. The van der Waals surface area contributed by atoms with E-state index in [-0.39, 0.29) is 29.6 Å². The third-order valence-electron chi connectivity index (χ3n) is 1.50. The summed E-state index contributed by atoms with van der Waals surface area (Å²) in [6.07, 6.45) is -2.78. The van der Waals surface area contributed by atoms with Gasteiger partial charge in [-0.2, -0.15) is 0 Å². The first-order valence-corrected chi connectivity index (χ1v) is 5.39. The van der Waals surface area contributed by atoms with E-state index in [0.717, 1.165) is 0 Å². The Morgan fingerprint density at radius 3 is 1.94 bits per heavy atom. The summed E-state index contributed by atoms with van der Waals surface area (Å²) in [5.41, 5.74) is -3.02. The number of phosphoric ester groups is 1. The zero-order valence-electron chi connectivity index (χ0n) is 9.10. The van der Waals surface area contributed by atoms with Crippen LogP contribution in [0.25, 0.3) is 0 Å². The maximum atomic E-state index is 10.8. The second kappa shape index (κ2) is 7.19. The van der Waals surface area contributed by atoms with Crippen LogP contribution >= 0.6 is 7.82 Å². The molecule has 2 atom stereocenters. The van der Waals surface area contributed by atoms with Crippen LogP contribution in [-0.2, 0) is 23.5 Å². The van der Waals surface area contributed by atoms with Crippen LogP contribution in [-0.4, -0.2) is 43.7 Å². The minimum atomic E-state index is -5.42. The van der Waals surface area contributed by atoms with Crippen LogP contribution in [0.5, 0.6) is 0 Å². The summed E-state index contributed by atoms with van der Waals surface area (Å²) in [4.78, 5) is 49.8. The molecule has 18 heavy (non-hydrogen) atoms. The Balaban J connectivity index is 0. The fraction of sp³-hybridized carbons (Fsp3) is 0.500. The number of carboxylic acids is 2. The maximum Gasteiger partial charge on any atom is 1.00 e. The second-order valence-electron chi connectivity index (χ2n) is 3.02. The minimum Gasteiger partial charge on any atom is -0.746 e. The number of carboxylic acid groups (broad SMARTS) is 2. The molecule has 0 aliphatic rings. The Morgan fingerprint density at radius 2 is 1.67 bits per heavy atom. The van der Waals surface area contributed by atoms with E-state index in [2.05, 4.69) is 4.52 Å². The molecule has 2 unspecified atom stereocenters. The molecule has 0 bridgehead atoms. The van der Waals surface area contributed by atoms with Crippen LogP contribution in [0, 0.1) is 0 Å². The van der Waals surface area contributed by atoms with Gasteiger partial charge in [-0.15, -0.1) is 0 Å². The van der Waals surface area contributed by atoms with Gasteiger partial charge in [-0.3, -0.25) is 14.2 Å². The predicted octanol–water partition coefficient (Wildman–Crippen LogP) is -5.33. The minimum absolute atomic E-state index is 0. The summed E-state index contributed by atoms with van der Waals surface area (Å²) in [5, 5.41) is 26.1. The Hall–Kier alpha value is -0.480. The number of phosphoric acid groups is 1. The number of rotatable bonds is 6. The summed E-state index contributed by atoms with van der Waals surface area (Å²) in [6, 6.07) is 0. The van der Waals surface area contributed by atoms with E-state index < -0.39 is 44.2 Å². The molecular formula is C6H8NaO10P. The van der Waals surface area contributed by atoms with Crippen molar-refractivity contribution >= 4 is 25.7 Å². The molecule has 0 aromatic rings. The molecule has 0 amide bonds. The quantitative estimate of drug-likeness (QED) is 0.272. The molecule has 0 aromatic heterocycles. The molecule has 0 aliphatic carbocycles. The van der Waals surface area contributed by atoms with Gasteiger partial charge in [0.15, 0.2) is 5.60 Å². The van der Waals surface area contributed by atoms with Crippen LogP contribution in [0.3, 0.4) is 0 Å². The third-order valence-corrected chi connectivity index (χ3v) is 1.93. The van der Waals surface area contributed by atoms with E-state index in [1.165, 1.54) is 0 Å². The number of aliphatic carboxylic acids is 2. The van der Waals surface area contributed by atoms with Crippen molar-refractivity contribution in [3.8, 4) is 0 Å². The third kappa shape index (κ3) is 7.77. The van der Waals surface area contributed by atoms with Gasteiger partial charge in [-0.1, -0.05) is 0 Å². The predicted molar refractivity (Wildman–Crippen MR) is 45.4 cm³/mol. The molecule has 98 valence electrons. The molecule has 10 nitrogen and oxygen atoms in total. The molecule has 4 N–H and O–H groups in total. The molecule has 0 aliphatic heterocycles. The average Bonchev–Trinajstić information content (AvgIpc) is 1.96. The van der Waals surface area contributed by atoms with Crippen LogP contribution in [0.1, 0.15) is 12.8 Å². The van der Waals surface area contributed by atoms with Crippen molar-refractivity contribution in [1.29, 1.82) is 0 Å². The normalized spacial score (nSPS) is 16.6. The van der Waals surface area contributed by atoms with Crippen LogP contribution in [0.4, 0.5) is 0 Å². The van der Waals surface area contributed by atoms with Gasteiger partial charge in [0.05, 0.1) is 12.8 Å². The first kappa shape index (κ1) is 19.9. The van der Waals surface area contributed by atoms with Crippen molar-refractivity contribution in [3.63, 3.8) is 0 Å². The number of carbonyl (C=O) groups is 3. The van der Waals surface area contributed by atoms with Crippen LogP contribution < -0.4 is 34.5 Å². The van der Waals surface area contributed by atoms with E-state index in [9.17, 15) is 28.9 Å². The second-order valence-corrected chi connectivity index (χ2v) is 4.14. The van der Waals surface area contributed by atoms with E-state index in [4.69, 9.17) is 15.1 Å². The molecule has 12 heteroatoms. The summed E-state index contributed by atoms with van der Waals surface area (Å²) in [5.74, 6) is -5.57. The van der Waals surface area contributed by atoms with Crippen LogP contribution in [0.15, 0.2) is 0 Å². The molecule has 0 radical (unpaired) electrons. The van der Waals surface area contributed by atoms with Crippen molar-refractivity contribution in [2.45, 2.75) is 18.4 Å². The summed E-state index contributed by atoms with van der Waals surface area (Å²) in [6.45, 7) is 0. The number of carbonyl (C=O) groups excluding carboxylic acids is 1. The Morgan fingerprint density at radius 1 is 1.22 bits per heavy atom. The molecule has 0 fully saturated rings. The topological polar surface area (TPSA) is 181 Å². The van der Waals surface area contributed by atoms with Gasteiger partial charge >= 0.3 is 55.3 Å². The largest absolute Gasteiger partial charge is 1.00 e. The summed E-state index contributed by atoms with van der Waals surface area (Å²) < 4.78 is 13.5. The average molecular weight is 294 g/mol. The zero-order chi connectivity index (χ0) is 13.9. The fourth-order valence-corrected chi connectivity index (χ4v) is 1.19. The SMILES string of the molecule is O=C(O)CC(O)(CC(=O)OP(=O)([O-])O)C(=O)O.[Na+]. The molecule has 0 spiro atoms. The van der Waals surface area contributed by atoms with Crippen molar-refractivity contribution in [2.75, 3.05) is 0 Å². The molecule has 0 heterocycles. The number of hydrogen-bond donors (Lipinski definition) is 4. The van der Waals surface area contributed by atoms with E-state index in [1.54, 1.807) is 0 Å². The van der Waals surface area contributed by atoms with Gasteiger partial charge in [0, 0.05) is 0 Å². The monoisotopic (exact) mass is 294 g/mol. The van der Waals surface area contributed by atoms with E-state index in [0.29, 0.717) is 0 Å². The smallest absolute Gasteiger partial charge is 0.746 e. The van der Waals surface area contributed by atoms with E-state index >= 15 is 0 Å². The van der Waals surface area contributed by atoms with E-state index in [1.807, 2.05) is 0 Å². The van der Waals surface area contributed by atoms with Crippen molar-refractivity contribution in [3.05, 3.63) is 0 Å². The summed E-state index contributed by atoms with van der Waals surface area (Å²) >= 11 is 0. The number of aliphatic hydroxyl groups is 1. The van der Waals surface area contributed by atoms with Gasteiger partial charge in [0.25, 0.3) is 0 Å². The molecule has 0 rings (SSSR count). The molecule has 0 saturated heterocycles.